The lowest BCUT2D eigenvalue weighted by Gasteiger charge is -2.18. The maximum atomic E-state index is 5.39. The van der Waals surface area contributed by atoms with Crippen molar-refractivity contribution in [3.05, 3.63) is 24.2 Å². The van der Waals surface area contributed by atoms with E-state index in [0.29, 0.717) is 11.5 Å². The highest BCUT2D eigenvalue weighted by molar-refractivity contribution is 5.07. The second-order valence-corrected chi connectivity index (χ2v) is 5.25. The summed E-state index contributed by atoms with van der Waals surface area (Å²) in [5, 5.41) is 3.62. The zero-order valence-electron chi connectivity index (χ0n) is 9.33. The molecular weight excluding hydrogens is 186 g/mol. The van der Waals surface area contributed by atoms with Crippen LogP contribution >= 0.6 is 0 Å². The lowest BCUT2D eigenvalue weighted by atomic mass is 10.0. The molecule has 2 aliphatic carbocycles. The van der Waals surface area contributed by atoms with Crippen molar-refractivity contribution in [3.63, 3.8) is 0 Å². The number of furan rings is 1. The minimum absolute atomic E-state index is 0.358. The summed E-state index contributed by atoms with van der Waals surface area (Å²) in [6, 6.07) is 4.37. The summed E-state index contributed by atoms with van der Waals surface area (Å²) < 4.78 is 5.39. The third kappa shape index (κ3) is 1.83. The Kier molecular flexibility index (Phi) is 2.13. The topological polar surface area (TPSA) is 25.2 Å². The fourth-order valence-corrected chi connectivity index (χ4v) is 2.58. The summed E-state index contributed by atoms with van der Waals surface area (Å²) in [5.41, 5.74) is 0.681. The van der Waals surface area contributed by atoms with Crippen molar-refractivity contribution in [2.75, 3.05) is 6.54 Å². The van der Waals surface area contributed by atoms with E-state index < -0.39 is 0 Å². The van der Waals surface area contributed by atoms with Gasteiger partial charge in [0.1, 0.15) is 5.76 Å². The molecule has 0 amide bonds. The van der Waals surface area contributed by atoms with Gasteiger partial charge in [0.2, 0.25) is 0 Å². The van der Waals surface area contributed by atoms with Crippen LogP contribution in [0, 0.1) is 11.3 Å². The van der Waals surface area contributed by atoms with Crippen LogP contribution in [0.5, 0.6) is 0 Å². The number of hydrogen-bond acceptors (Lipinski definition) is 2. The van der Waals surface area contributed by atoms with Crippen molar-refractivity contribution < 1.29 is 4.42 Å². The van der Waals surface area contributed by atoms with E-state index >= 15 is 0 Å². The van der Waals surface area contributed by atoms with Crippen molar-refractivity contribution in [1.29, 1.82) is 0 Å². The molecule has 1 aromatic rings. The number of nitrogens with one attached hydrogen (secondary N) is 1. The van der Waals surface area contributed by atoms with E-state index in [2.05, 4.69) is 12.2 Å². The first-order valence-corrected chi connectivity index (χ1v) is 6.07. The van der Waals surface area contributed by atoms with Crippen LogP contribution in [0.2, 0.25) is 0 Å². The van der Waals surface area contributed by atoms with Crippen LogP contribution in [0.3, 0.4) is 0 Å². The van der Waals surface area contributed by atoms with Crippen LogP contribution in [0.4, 0.5) is 0 Å². The summed E-state index contributed by atoms with van der Waals surface area (Å²) in [6.07, 6.45) is 7.57. The molecule has 1 heterocycles. The van der Waals surface area contributed by atoms with Gasteiger partial charge in [0.15, 0.2) is 0 Å². The summed E-state index contributed by atoms with van der Waals surface area (Å²) in [5.74, 6) is 2.09. The fraction of sp³-hybridized carbons (Fsp3) is 0.692. The van der Waals surface area contributed by atoms with Crippen molar-refractivity contribution in [2.24, 2.45) is 11.3 Å². The molecule has 2 heteroatoms. The van der Waals surface area contributed by atoms with Gasteiger partial charge in [-0.15, -0.1) is 0 Å². The maximum Gasteiger partial charge on any atom is 0.120 e. The molecule has 0 aromatic carbocycles. The highest BCUT2D eigenvalue weighted by Gasteiger charge is 2.53. The normalized spacial score (nSPS) is 25.1. The van der Waals surface area contributed by atoms with Crippen LogP contribution in [0.1, 0.15) is 44.4 Å². The molecule has 2 fully saturated rings. The molecule has 1 aromatic heterocycles. The first-order valence-electron chi connectivity index (χ1n) is 6.07. The van der Waals surface area contributed by atoms with Crippen molar-refractivity contribution in [1.82, 2.24) is 5.32 Å². The third-order valence-electron chi connectivity index (χ3n) is 4.07. The van der Waals surface area contributed by atoms with Crippen LogP contribution in [-0.4, -0.2) is 6.54 Å². The van der Waals surface area contributed by atoms with E-state index in [0.717, 1.165) is 11.7 Å². The average molecular weight is 205 g/mol. The lowest BCUT2D eigenvalue weighted by molar-refractivity contribution is 0.356. The van der Waals surface area contributed by atoms with Crippen LogP contribution in [0.25, 0.3) is 0 Å². The van der Waals surface area contributed by atoms with E-state index in [1.165, 1.54) is 32.2 Å². The zero-order chi connectivity index (χ0) is 10.3. The predicted molar refractivity (Wildman–Crippen MR) is 59.5 cm³/mol. The average Bonchev–Trinajstić information content (AvgIpc) is 3.14. The van der Waals surface area contributed by atoms with E-state index in [4.69, 9.17) is 4.42 Å². The largest absolute Gasteiger partial charge is 0.468 e. The number of rotatable bonds is 5. The van der Waals surface area contributed by atoms with Gasteiger partial charge in [-0.1, -0.05) is 0 Å². The van der Waals surface area contributed by atoms with Gasteiger partial charge in [0, 0.05) is 6.54 Å². The van der Waals surface area contributed by atoms with Gasteiger partial charge in [-0.2, -0.15) is 0 Å². The molecule has 2 nitrogen and oxygen atoms in total. The molecule has 1 unspecified atom stereocenters. The van der Waals surface area contributed by atoms with Gasteiger partial charge in [-0.05, 0) is 56.1 Å². The quantitative estimate of drug-likeness (QED) is 0.799. The Balaban J connectivity index is 1.53. The maximum absolute atomic E-state index is 5.39. The Morgan fingerprint density at radius 2 is 2.33 bits per heavy atom. The summed E-state index contributed by atoms with van der Waals surface area (Å²) in [6.45, 7) is 3.36. The SMILES string of the molecule is CC(NCC1(C2CC2)CC1)c1ccco1. The molecule has 0 aliphatic heterocycles. The standard InChI is InChI=1S/C13H19NO/c1-10(12-3-2-8-15-12)14-9-13(6-7-13)11-4-5-11/h2-3,8,10-11,14H,4-7,9H2,1H3. The van der Waals surface area contributed by atoms with Crippen molar-refractivity contribution in [2.45, 2.75) is 38.6 Å². The van der Waals surface area contributed by atoms with E-state index in [9.17, 15) is 0 Å². The van der Waals surface area contributed by atoms with Gasteiger partial charge >= 0.3 is 0 Å². The smallest absolute Gasteiger partial charge is 0.120 e. The Morgan fingerprint density at radius 1 is 1.53 bits per heavy atom. The van der Waals surface area contributed by atoms with Crippen LogP contribution < -0.4 is 5.32 Å². The van der Waals surface area contributed by atoms with Gasteiger partial charge in [0.25, 0.3) is 0 Å². The van der Waals surface area contributed by atoms with Gasteiger partial charge < -0.3 is 9.73 Å². The zero-order valence-corrected chi connectivity index (χ0v) is 9.33. The van der Waals surface area contributed by atoms with Crippen LogP contribution in [-0.2, 0) is 0 Å². The van der Waals surface area contributed by atoms with Crippen LogP contribution in [0.15, 0.2) is 22.8 Å². The second-order valence-electron chi connectivity index (χ2n) is 5.25. The first-order chi connectivity index (χ1) is 7.30. The molecule has 0 spiro atoms. The molecule has 0 radical (unpaired) electrons. The highest BCUT2D eigenvalue weighted by Crippen LogP contribution is 2.60. The predicted octanol–water partition coefficient (Wildman–Crippen LogP) is 3.12. The monoisotopic (exact) mass is 205 g/mol. The summed E-state index contributed by atoms with van der Waals surface area (Å²) in [7, 11) is 0. The number of hydrogen-bond donors (Lipinski definition) is 1. The van der Waals surface area contributed by atoms with Crippen molar-refractivity contribution in [3.8, 4) is 0 Å². The Morgan fingerprint density at radius 3 is 2.87 bits per heavy atom. The third-order valence-corrected chi connectivity index (χ3v) is 4.07. The molecule has 0 saturated heterocycles. The Bertz CT molecular complexity index is 322. The molecule has 2 aliphatic rings. The first kappa shape index (κ1) is 9.46. The molecule has 15 heavy (non-hydrogen) atoms. The molecule has 1 N–H and O–H groups in total. The molecule has 2 saturated carbocycles. The van der Waals surface area contributed by atoms with E-state index in [-0.39, 0.29) is 0 Å². The molecular formula is C13H19NO. The summed E-state index contributed by atoms with van der Waals surface area (Å²) in [4.78, 5) is 0. The van der Waals surface area contributed by atoms with Crippen molar-refractivity contribution >= 4 is 0 Å². The van der Waals surface area contributed by atoms with E-state index in [1.54, 1.807) is 6.26 Å². The van der Waals surface area contributed by atoms with Gasteiger partial charge in [-0.25, -0.2) is 0 Å². The van der Waals surface area contributed by atoms with E-state index in [1.807, 2.05) is 12.1 Å². The van der Waals surface area contributed by atoms with Gasteiger partial charge in [0.05, 0.1) is 12.3 Å². The summed E-state index contributed by atoms with van der Waals surface area (Å²) >= 11 is 0. The Labute approximate surface area is 91.0 Å². The lowest BCUT2D eigenvalue weighted by Crippen LogP contribution is -2.27. The fourth-order valence-electron chi connectivity index (χ4n) is 2.58. The Hall–Kier alpha value is -0.760. The van der Waals surface area contributed by atoms with Gasteiger partial charge in [-0.3, -0.25) is 0 Å². The molecule has 1 atom stereocenters. The molecule has 82 valence electrons. The minimum atomic E-state index is 0.358. The molecule has 3 rings (SSSR count). The second kappa shape index (κ2) is 3.38. The minimum Gasteiger partial charge on any atom is -0.468 e. The molecule has 0 bridgehead atoms. The highest BCUT2D eigenvalue weighted by atomic mass is 16.3.